The fraction of sp³-hybridized carbons (Fsp3) is 0. The van der Waals surface area contributed by atoms with Gasteiger partial charge in [-0.15, -0.1) is 0 Å². The number of para-hydroxylation sites is 3. The summed E-state index contributed by atoms with van der Waals surface area (Å²) in [7, 11) is 0. The molecule has 1 amide bonds. The van der Waals surface area contributed by atoms with Crippen molar-refractivity contribution >= 4 is 40.3 Å². The highest BCUT2D eigenvalue weighted by atomic mass is 32.2. The lowest BCUT2D eigenvalue weighted by Gasteiger charge is -2.10. The summed E-state index contributed by atoms with van der Waals surface area (Å²) in [4.78, 5) is 12.3. The monoisotopic (exact) mass is 329 g/mol. The van der Waals surface area contributed by atoms with Crippen molar-refractivity contribution in [3.63, 3.8) is 0 Å². The molecule has 1 heterocycles. The molecule has 0 unspecified atom stereocenters. The molecule has 0 spiro atoms. The first-order valence-electron chi connectivity index (χ1n) is 6.43. The molecule has 2 aromatic carbocycles. The van der Waals surface area contributed by atoms with E-state index in [1.165, 1.54) is 11.8 Å². The van der Waals surface area contributed by atoms with Crippen LogP contribution in [-0.2, 0) is 4.79 Å². The van der Waals surface area contributed by atoms with Crippen molar-refractivity contribution in [1.29, 1.82) is 0 Å². The zero-order valence-corrected chi connectivity index (χ0v) is 12.9. The van der Waals surface area contributed by atoms with Crippen LogP contribution in [0.3, 0.4) is 0 Å². The molecule has 1 aliphatic rings. The SMILES string of the molecule is O=C1NC(=S)S/C1=C\c1ccccc1Oc1ccccc1O. The molecule has 1 saturated heterocycles. The average molecular weight is 329 g/mol. The summed E-state index contributed by atoms with van der Waals surface area (Å²) in [6.07, 6.45) is 1.72. The van der Waals surface area contributed by atoms with E-state index in [0.717, 1.165) is 5.56 Å². The molecule has 4 nitrogen and oxygen atoms in total. The van der Waals surface area contributed by atoms with Gasteiger partial charge in [0.05, 0.1) is 4.91 Å². The van der Waals surface area contributed by atoms with Crippen LogP contribution in [0, 0.1) is 0 Å². The second-order valence-electron chi connectivity index (χ2n) is 4.46. The van der Waals surface area contributed by atoms with Crippen molar-refractivity contribution in [3.8, 4) is 17.2 Å². The van der Waals surface area contributed by atoms with Crippen LogP contribution < -0.4 is 10.1 Å². The number of thioether (sulfide) groups is 1. The Balaban J connectivity index is 1.94. The fourth-order valence-electron chi connectivity index (χ4n) is 1.92. The third-order valence-corrected chi connectivity index (χ3v) is 4.10. The summed E-state index contributed by atoms with van der Waals surface area (Å²) in [5.41, 5.74) is 0.730. The first-order chi connectivity index (χ1) is 10.6. The third-order valence-electron chi connectivity index (χ3n) is 2.93. The van der Waals surface area contributed by atoms with Crippen LogP contribution in [0.1, 0.15) is 5.56 Å². The number of carbonyl (C=O) groups is 1. The highest BCUT2D eigenvalue weighted by molar-refractivity contribution is 8.26. The third kappa shape index (κ3) is 3.13. The van der Waals surface area contributed by atoms with Gasteiger partial charge in [0.1, 0.15) is 10.1 Å². The minimum Gasteiger partial charge on any atom is -0.504 e. The summed E-state index contributed by atoms with van der Waals surface area (Å²) >= 11 is 6.18. The molecule has 6 heteroatoms. The van der Waals surface area contributed by atoms with Crippen LogP contribution in [0.4, 0.5) is 0 Å². The lowest BCUT2D eigenvalue weighted by molar-refractivity contribution is -0.115. The molecule has 0 atom stereocenters. The standard InChI is InChI=1S/C16H11NO3S2/c18-11-6-2-4-8-13(11)20-12-7-3-1-5-10(12)9-14-15(19)17-16(21)22-14/h1-9,18H,(H,17,19,21)/b14-9-. The minimum absolute atomic E-state index is 0.0547. The number of phenolic OH excluding ortho intramolecular Hbond substituents is 1. The van der Waals surface area contributed by atoms with Crippen molar-refractivity contribution in [3.05, 3.63) is 59.0 Å². The lowest BCUT2D eigenvalue weighted by Crippen LogP contribution is -2.17. The molecular weight excluding hydrogens is 318 g/mol. The van der Waals surface area contributed by atoms with Gasteiger partial charge in [0.25, 0.3) is 5.91 Å². The Morgan fingerprint density at radius 3 is 2.45 bits per heavy atom. The number of ether oxygens (including phenoxy) is 1. The molecule has 110 valence electrons. The lowest BCUT2D eigenvalue weighted by atomic mass is 10.2. The normalized spacial score (nSPS) is 15.9. The maximum Gasteiger partial charge on any atom is 0.263 e. The Hall–Kier alpha value is -2.31. The van der Waals surface area contributed by atoms with E-state index in [2.05, 4.69) is 5.32 Å². The van der Waals surface area contributed by atoms with Gasteiger partial charge >= 0.3 is 0 Å². The second-order valence-corrected chi connectivity index (χ2v) is 6.18. The molecule has 2 N–H and O–H groups in total. The van der Waals surface area contributed by atoms with Crippen LogP contribution in [0.5, 0.6) is 17.2 Å². The Kier molecular flexibility index (Phi) is 4.13. The Morgan fingerprint density at radius 1 is 1.09 bits per heavy atom. The predicted molar refractivity (Wildman–Crippen MR) is 90.9 cm³/mol. The number of hydrogen-bond donors (Lipinski definition) is 2. The van der Waals surface area contributed by atoms with Crippen molar-refractivity contribution in [2.75, 3.05) is 0 Å². The second kappa shape index (κ2) is 6.21. The summed E-state index contributed by atoms with van der Waals surface area (Å²) in [6, 6.07) is 14.0. The maximum atomic E-state index is 11.7. The molecule has 0 saturated carbocycles. The van der Waals surface area contributed by atoms with Crippen LogP contribution in [-0.4, -0.2) is 15.3 Å². The summed E-state index contributed by atoms with van der Waals surface area (Å²) in [5, 5.41) is 12.4. The fourth-order valence-corrected chi connectivity index (χ4v) is 2.95. The van der Waals surface area contributed by atoms with Crippen molar-refractivity contribution in [2.24, 2.45) is 0 Å². The number of hydrogen-bond acceptors (Lipinski definition) is 5. The van der Waals surface area contributed by atoms with Crippen molar-refractivity contribution < 1.29 is 14.6 Å². The zero-order chi connectivity index (χ0) is 15.5. The number of amides is 1. The number of carbonyl (C=O) groups excluding carboxylic acids is 1. The zero-order valence-electron chi connectivity index (χ0n) is 11.3. The number of thiocarbonyl (C=S) groups is 1. The van der Waals surface area contributed by atoms with Gasteiger partial charge in [-0.1, -0.05) is 54.3 Å². The quantitative estimate of drug-likeness (QED) is 0.664. The van der Waals surface area contributed by atoms with Gasteiger partial charge in [-0.2, -0.15) is 0 Å². The molecule has 0 aliphatic carbocycles. The van der Waals surface area contributed by atoms with Crippen LogP contribution >= 0.6 is 24.0 Å². The number of nitrogens with one attached hydrogen (secondary N) is 1. The first kappa shape index (κ1) is 14.6. The number of phenols is 1. The Morgan fingerprint density at radius 2 is 1.77 bits per heavy atom. The smallest absolute Gasteiger partial charge is 0.263 e. The molecule has 0 aromatic heterocycles. The maximum absolute atomic E-state index is 11.7. The summed E-state index contributed by atoms with van der Waals surface area (Å²) in [6.45, 7) is 0. The van der Waals surface area contributed by atoms with Gasteiger partial charge in [0, 0.05) is 5.56 Å². The van der Waals surface area contributed by atoms with Crippen LogP contribution in [0.2, 0.25) is 0 Å². The van der Waals surface area contributed by atoms with E-state index in [4.69, 9.17) is 17.0 Å². The number of rotatable bonds is 3. The number of aromatic hydroxyl groups is 1. The highest BCUT2D eigenvalue weighted by Crippen LogP contribution is 2.34. The Bertz CT molecular complexity index is 786. The Labute approximate surface area is 136 Å². The minimum atomic E-state index is -0.215. The molecule has 0 radical (unpaired) electrons. The average Bonchev–Trinajstić information content (AvgIpc) is 2.81. The molecule has 3 rings (SSSR count). The van der Waals surface area contributed by atoms with Crippen molar-refractivity contribution in [2.45, 2.75) is 0 Å². The molecule has 1 aliphatic heterocycles. The summed E-state index contributed by atoms with van der Waals surface area (Å²) < 4.78 is 6.18. The van der Waals surface area contributed by atoms with Gasteiger partial charge in [0.2, 0.25) is 0 Å². The highest BCUT2D eigenvalue weighted by Gasteiger charge is 2.22. The van der Waals surface area contributed by atoms with E-state index >= 15 is 0 Å². The van der Waals surface area contributed by atoms with Crippen LogP contribution in [0.15, 0.2) is 53.4 Å². The van der Waals surface area contributed by atoms with Gasteiger partial charge in [0.15, 0.2) is 11.5 Å². The largest absolute Gasteiger partial charge is 0.504 e. The molecule has 2 aromatic rings. The van der Waals surface area contributed by atoms with E-state index in [1.54, 1.807) is 36.4 Å². The molecule has 1 fully saturated rings. The topological polar surface area (TPSA) is 58.6 Å². The van der Waals surface area contributed by atoms with E-state index < -0.39 is 0 Å². The van der Waals surface area contributed by atoms with Gasteiger partial charge in [-0.25, -0.2) is 0 Å². The van der Waals surface area contributed by atoms with Crippen molar-refractivity contribution in [1.82, 2.24) is 5.32 Å². The van der Waals surface area contributed by atoms with E-state index in [-0.39, 0.29) is 11.7 Å². The van der Waals surface area contributed by atoms with E-state index in [9.17, 15) is 9.90 Å². The number of benzene rings is 2. The molecule has 22 heavy (non-hydrogen) atoms. The molecular formula is C16H11NO3S2. The van der Waals surface area contributed by atoms with Gasteiger partial charge < -0.3 is 15.2 Å². The van der Waals surface area contributed by atoms with E-state index in [1.807, 2.05) is 18.2 Å². The molecule has 0 bridgehead atoms. The summed E-state index contributed by atoms with van der Waals surface area (Å²) in [5.74, 6) is 0.738. The first-order valence-corrected chi connectivity index (χ1v) is 7.66. The van der Waals surface area contributed by atoms with Crippen LogP contribution in [0.25, 0.3) is 6.08 Å². The van der Waals surface area contributed by atoms with E-state index in [0.29, 0.717) is 20.7 Å². The van der Waals surface area contributed by atoms with Gasteiger partial charge in [-0.3, -0.25) is 4.79 Å². The van der Waals surface area contributed by atoms with Gasteiger partial charge in [-0.05, 0) is 24.3 Å². The predicted octanol–water partition coefficient (Wildman–Crippen LogP) is 3.67.